The average Bonchev–Trinajstić information content (AvgIpc) is 2.89. The molecule has 3 rings (SSSR count). The first-order valence-electron chi connectivity index (χ1n) is 5.84. The smallest absolute Gasteiger partial charge is 0.112 e. The maximum atomic E-state index is 4.76. The normalized spacial score (nSPS) is 23.4. The molecule has 1 fully saturated rings. The van der Waals surface area contributed by atoms with E-state index in [1.807, 2.05) is 6.07 Å². The van der Waals surface area contributed by atoms with Gasteiger partial charge < -0.3 is 4.57 Å². The van der Waals surface area contributed by atoms with Crippen LogP contribution in [0.25, 0.3) is 11.3 Å². The summed E-state index contributed by atoms with van der Waals surface area (Å²) in [5, 5.41) is 0. The van der Waals surface area contributed by atoms with Gasteiger partial charge in [-0.15, -0.1) is 0 Å². The molecule has 2 heteroatoms. The van der Waals surface area contributed by atoms with Gasteiger partial charge in [0.25, 0.3) is 0 Å². The summed E-state index contributed by atoms with van der Waals surface area (Å²) >= 11 is 0. The lowest BCUT2D eigenvalue weighted by Gasteiger charge is -1.96. The molecule has 0 aliphatic heterocycles. The van der Waals surface area contributed by atoms with Crippen LogP contribution in [0.5, 0.6) is 0 Å². The average molecular weight is 212 g/mol. The molecule has 0 saturated heterocycles. The fourth-order valence-corrected chi connectivity index (χ4v) is 2.26. The van der Waals surface area contributed by atoms with E-state index in [1.165, 1.54) is 17.8 Å². The van der Waals surface area contributed by atoms with Gasteiger partial charge in [0.2, 0.25) is 0 Å². The molecule has 1 saturated carbocycles. The van der Waals surface area contributed by atoms with E-state index in [-0.39, 0.29) is 0 Å². The van der Waals surface area contributed by atoms with Gasteiger partial charge in [-0.25, -0.2) is 4.98 Å². The molecule has 2 aromatic rings. The summed E-state index contributed by atoms with van der Waals surface area (Å²) in [5.74, 6) is 2.73. The summed E-state index contributed by atoms with van der Waals surface area (Å²) in [7, 11) is 2.10. The largest absolute Gasteiger partial charge is 0.337 e. The number of imidazole rings is 1. The topological polar surface area (TPSA) is 17.8 Å². The van der Waals surface area contributed by atoms with Crippen molar-refractivity contribution in [3.63, 3.8) is 0 Å². The van der Waals surface area contributed by atoms with Crippen LogP contribution in [0, 0.1) is 5.92 Å². The Kier molecular flexibility index (Phi) is 2.10. The Labute approximate surface area is 95.9 Å². The second kappa shape index (κ2) is 3.48. The number of nitrogens with zero attached hydrogens (tertiary/aromatic N) is 2. The minimum Gasteiger partial charge on any atom is -0.337 e. The van der Waals surface area contributed by atoms with E-state index in [9.17, 15) is 0 Å². The van der Waals surface area contributed by atoms with Crippen LogP contribution in [0.2, 0.25) is 0 Å². The molecule has 16 heavy (non-hydrogen) atoms. The summed E-state index contributed by atoms with van der Waals surface area (Å²) in [5.41, 5.74) is 2.30. The summed E-state index contributed by atoms with van der Waals surface area (Å²) < 4.78 is 2.18. The Hall–Kier alpha value is -1.57. The van der Waals surface area contributed by atoms with Crippen molar-refractivity contribution in [2.45, 2.75) is 19.3 Å². The van der Waals surface area contributed by atoms with Gasteiger partial charge in [-0.1, -0.05) is 37.3 Å². The van der Waals surface area contributed by atoms with E-state index in [1.54, 1.807) is 0 Å². The van der Waals surface area contributed by atoms with E-state index in [0.29, 0.717) is 5.92 Å². The number of rotatable bonds is 2. The van der Waals surface area contributed by atoms with Crippen molar-refractivity contribution >= 4 is 0 Å². The zero-order chi connectivity index (χ0) is 11.1. The van der Waals surface area contributed by atoms with Crippen LogP contribution < -0.4 is 0 Å². The van der Waals surface area contributed by atoms with Crippen LogP contribution >= 0.6 is 0 Å². The molecule has 0 amide bonds. The van der Waals surface area contributed by atoms with E-state index in [4.69, 9.17) is 4.98 Å². The van der Waals surface area contributed by atoms with Gasteiger partial charge in [0.15, 0.2) is 0 Å². The highest BCUT2D eigenvalue weighted by Crippen LogP contribution is 2.46. The first-order chi connectivity index (χ1) is 7.75. The summed E-state index contributed by atoms with van der Waals surface area (Å²) in [6.45, 7) is 2.29. The molecule has 82 valence electrons. The van der Waals surface area contributed by atoms with Crippen molar-refractivity contribution in [3.8, 4) is 11.3 Å². The van der Waals surface area contributed by atoms with Crippen LogP contribution in [0.1, 0.15) is 25.1 Å². The van der Waals surface area contributed by atoms with Gasteiger partial charge >= 0.3 is 0 Å². The van der Waals surface area contributed by atoms with Crippen LogP contribution in [0.4, 0.5) is 0 Å². The molecule has 1 aromatic carbocycles. The first kappa shape index (κ1) is 9.64. The van der Waals surface area contributed by atoms with Crippen molar-refractivity contribution in [1.29, 1.82) is 0 Å². The molecular weight excluding hydrogens is 196 g/mol. The van der Waals surface area contributed by atoms with E-state index in [0.717, 1.165) is 11.6 Å². The molecule has 0 spiro atoms. The third kappa shape index (κ3) is 1.54. The summed E-state index contributed by atoms with van der Waals surface area (Å²) in [6, 6.07) is 10.4. The van der Waals surface area contributed by atoms with Gasteiger partial charge in [-0.2, -0.15) is 0 Å². The van der Waals surface area contributed by atoms with Gasteiger partial charge in [0.1, 0.15) is 5.82 Å². The van der Waals surface area contributed by atoms with Gasteiger partial charge in [0.05, 0.1) is 5.69 Å². The molecule has 1 heterocycles. The molecular formula is C14H16N2. The molecule has 1 aromatic heterocycles. The zero-order valence-electron chi connectivity index (χ0n) is 9.72. The lowest BCUT2D eigenvalue weighted by molar-refractivity contribution is 0.764. The second-order valence-corrected chi connectivity index (χ2v) is 4.78. The Bertz CT molecular complexity index is 499. The predicted octanol–water partition coefficient (Wildman–Crippen LogP) is 3.21. The summed E-state index contributed by atoms with van der Waals surface area (Å²) in [4.78, 5) is 4.76. The quantitative estimate of drug-likeness (QED) is 0.747. The van der Waals surface area contributed by atoms with Crippen molar-refractivity contribution in [2.24, 2.45) is 13.0 Å². The number of hydrogen-bond acceptors (Lipinski definition) is 1. The molecule has 2 unspecified atom stereocenters. The second-order valence-electron chi connectivity index (χ2n) is 4.78. The molecule has 2 nitrogen and oxygen atoms in total. The first-order valence-corrected chi connectivity index (χ1v) is 5.84. The Balaban J connectivity index is 1.98. The molecule has 0 bridgehead atoms. The van der Waals surface area contributed by atoms with E-state index >= 15 is 0 Å². The van der Waals surface area contributed by atoms with Gasteiger partial charge in [-0.05, 0) is 12.3 Å². The fourth-order valence-electron chi connectivity index (χ4n) is 2.26. The highest BCUT2D eigenvalue weighted by molar-refractivity contribution is 5.58. The maximum Gasteiger partial charge on any atom is 0.112 e. The lowest BCUT2D eigenvalue weighted by Crippen LogP contribution is -1.94. The van der Waals surface area contributed by atoms with Crippen LogP contribution in [-0.2, 0) is 7.05 Å². The number of aryl methyl sites for hydroxylation is 1. The lowest BCUT2D eigenvalue weighted by atomic mass is 10.2. The number of aromatic nitrogens is 2. The molecule has 1 aliphatic rings. The standard InChI is InChI=1S/C14H16N2/c1-10-8-12(10)14-15-13(9-16(14)2)11-6-4-3-5-7-11/h3-7,9-10,12H,8H2,1-2H3. The van der Waals surface area contributed by atoms with Crippen LogP contribution in [-0.4, -0.2) is 9.55 Å². The molecule has 2 atom stereocenters. The Morgan fingerprint density at radius 1 is 1.25 bits per heavy atom. The maximum absolute atomic E-state index is 4.76. The molecule has 1 aliphatic carbocycles. The Morgan fingerprint density at radius 3 is 2.56 bits per heavy atom. The SMILES string of the molecule is CC1CC1c1nc(-c2ccccc2)cn1C. The van der Waals surface area contributed by atoms with Crippen molar-refractivity contribution < 1.29 is 0 Å². The predicted molar refractivity (Wildman–Crippen MR) is 65.2 cm³/mol. The van der Waals surface area contributed by atoms with Crippen LogP contribution in [0.3, 0.4) is 0 Å². The van der Waals surface area contributed by atoms with Crippen LogP contribution in [0.15, 0.2) is 36.5 Å². The molecule has 0 N–H and O–H groups in total. The minimum atomic E-state index is 0.683. The van der Waals surface area contributed by atoms with Crippen molar-refractivity contribution in [3.05, 3.63) is 42.4 Å². The monoisotopic (exact) mass is 212 g/mol. The minimum absolute atomic E-state index is 0.683. The summed E-state index contributed by atoms with van der Waals surface area (Å²) in [6.07, 6.45) is 3.43. The van der Waals surface area contributed by atoms with E-state index < -0.39 is 0 Å². The number of hydrogen-bond donors (Lipinski definition) is 0. The number of benzene rings is 1. The van der Waals surface area contributed by atoms with Gasteiger partial charge in [0, 0.05) is 24.7 Å². The van der Waals surface area contributed by atoms with Gasteiger partial charge in [-0.3, -0.25) is 0 Å². The third-order valence-corrected chi connectivity index (χ3v) is 3.42. The highest BCUT2D eigenvalue weighted by atomic mass is 15.1. The third-order valence-electron chi connectivity index (χ3n) is 3.42. The highest BCUT2D eigenvalue weighted by Gasteiger charge is 2.37. The molecule has 0 radical (unpaired) electrons. The van der Waals surface area contributed by atoms with E-state index in [2.05, 4.69) is 49.0 Å². The Morgan fingerprint density at radius 2 is 1.94 bits per heavy atom. The fraction of sp³-hybridized carbons (Fsp3) is 0.357. The van der Waals surface area contributed by atoms with Crippen molar-refractivity contribution in [2.75, 3.05) is 0 Å². The van der Waals surface area contributed by atoms with Crippen molar-refractivity contribution in [1.82, 2.24) is 9.55 Å². The zero-order valence-corrected chi connectivity index (χ0v) is 9.72.